The van der Waals surface area contributed by atoms with Gasteiger partial charge in [0, 0.05) is 7.05 Å². The van der Waals surface area contributed by atoms with Gasteiger partial charge in [-0.1, -0.05) is 0 Å². The van der Waals surface area contributed by atoms with E-state index < -0.39 is 17.8 Å². The van der Waals surface area contributed by atoms with Crippen LogP contribution in [0, 0.1) is 13.8 Å². The zero-order valence-electron chi connectivity index (χ0n) is 12.2. The lowest BCUT2D eigenvalue weighted by molar-refractivity contribution is -0.146. The van der Waals surface area contributed by atoms with Crippen LogP contribution in [-0.4, -0.2) is 30.5 Å². The fourth-order valence-electron chi connectivity index (χ4n) is 1.90. The Hall–Kier alpha value is -2.39. The summed E-state index contributed by atoms with van der Waals surface area (Å²) in [5.74, 6) is 0.434. The number of carbonyl (C=O) groups is 1. The summed E-state index contributed by atoms with van der Waals surface area (Å²) in [6.45, 7) is 2.87. The average molecular weight is 317 g/mol. The van der Waals surface area contributed by atoms with E-state index in [1.165, 1.54) is 11.7 Å². The number of aryl methyl sites for hydroxylation is 3. The third kappa shape index (κ3) is 3.62. The van der Waals surface area contributed by atoms with Crippen molar-refractivity contribution in [3.8, 4) is 0 Å². The van der Waals surface area contributed by atoms with Crippen molar-refractivity contribution in [2.75, 3.05) is 0 Å². The van der Waals surface area contributed by atoms with E-state index in [1.807, 2.05) is 0 Å². The SMILES string of the molecule is Cc1nc(C)n(CC(=O)OCc2cc(C(F)(F)F)n(C)n2)n1. The highest BCUT2D eigenvalue weighted by Crippen LogP contribution is 2.29. The Kier molecular flexibility index (Phi) is 4.20. The number of aromatic nitrogens is 5. The molecule has 2 rings (SSSR count). The highest BCUT2D eigenvalue weighted by Gasteiger charge is 2.34. The van der Waals surface area contributed by atoms with E-state index in [4.69, 9.17) is 4.74 Å². The Morgan fingerprint density at radius 3 is 2.50 bits per heavy atom. The van der Waals surface area contributed by atoms with Crippen molar-refractivity contribution < 1.29 is 22.7 Å². The first kappa shape index (κ1) is 16.0. The van der Waals surface area contributed by atoms with Gasteiger partial charge in [-0.05, 0) is 19.9 Å². The second-order valence-electron chi connectivity index (χ2n) is 4.67. The average Bonchev–Trinajstić information content (AvgIpc) is 2.90. The molecule has 0 saturated carbocycles. The molecule has 0 fully saturated rings. The molecule has 7 nitrogen and oxygen atoms in total. The van der Waals surface area contributed by atoms with Gasteiger partial charge in [-0.15, -0.1) is 0 Å². The molecule has 22 heavy (non-hydrogen) atoms. The van der Waals surface area contributed by atoms with Crippen LogP contribution in [0.5, 0.6) is 0 Å². The summed E-state index contributed by atoms with van der Waals surface area (Å²) in [5, 5.41) is 7.65. The quantitative estimate of drug-likeness (QED) is 0.797. The van der Waals surface area contributed by atoms with Crippen molar-refractivity contribution in [3.63, 3.8) is 0 Å². The summed E-state index contributed by atoms with van der Waals surface area (Å²) in [6.07, 6.45) is -4.50. The zero-order chi connectivity index (χ0) is 16.5. The molecule has 0 spiro atoms. The first-order valence-electron chi connectivity index (χ1n) is 6.30. The number of hydrogen-bond acceptors (Lipinski definition) is 5. The minimum atomic E-state index is -4.50. The molecule has 0 aliphatic rings. The molecule has 0 saturated heterocycles. The van der Waals surface area contributed by atoms with Gasteiger partial charge in [0.05, 0.1) is 0 Å². The number of ether oxygens (including phenoxy) is 1. The Bertz CT molecular complexity index is 689. The van der Waals surface area contributed by atoms with Crippen molar-refractivity contribution in [1.82, 2.24) is 24.5 Å². The maximum absolute atomic E-state index is 12.6. The molecule has 0 aromatic carbocycles. The van der Waals surface area contributed by atoms with Gasteiger partial charge in [-0.3, -0.25) is 9.48 Å². The fourth-order valence-corrected chi connectivity index (χ4v) is 1.90. The van der Waals surface area contributed by atoms with Gasteiger partial charge in [0.1, 0.15) is 36.2 Å². The van der Waals surface area contributed by atoms with Crippen LogP contribution in [-0.2, 0) is 35.9 Å². The number of rotatable bonds is 4. The number of halogens is 3. The molecule has 0 N–H and O–H groups in total. The second-order valence-corrected chi connectivity index (χ2v) is 4.67. The summed E-state index contributed by atoms with van der Waals surface area (Å²) in [6, 6.07) is 0.845. The lowest BCUT2D eigenvalue weighted by Crippen LogP contribution is -2.16. The van der Waals surface area contributed by atoms with Crippen LogP contribution in [0.2, 0.25) is 0 Å². The Morgan fingerprint density at radius 1 is 1.32 bits per heavy atom. The number of alkyl halides is 3. The fraction of sp³-hybridized carbons (Fsp3) is 0.500. The lowest BCUT2D eigenvalue weighted by Gasteiger charge is -2.04. The minimum absolute atomic E-state index is 0.0228. The molecule has 0 amide bonds. The zero-order valence-corrected chi connectivity index (χ0v) is 12.2. The van der Waals surface area contributed by atoms with Crippen LogP contribution in [0.1, 0.15) is 23.0 Å². The van der Waals surface area contributed by atoms with Crippen LogP contribution in [0.15, 0.2) is 6.07 Å². The third-order valence-electron chi connectivity index (χ3n) is 2.84. The van der Waals surface area contributed by atoms with Crippen molar-refractivity contribution in [1.29, 1.82) is 0 Å². The van der Waals surface area contributed by atoms with E-state index in [0.29, 0.717) is 16.3 Å². The monoisotopic (exact) mass is 317 g/mol. The summed E-state index contributed by atoms with van der Waals surface area (Å²) >= 11 is 0. The van der Waals surface area contributed by atoms with E-state index >= 15 is 0 Å². The van der Waals surface area contributed by atoms with E-state index in [1.54, 1.807) is 13.8 Å². The summed E-state index contributed by atoms with van der Waals surface area (Å²) in [4.78, 5) is 15.7. The molecule has 0 atom stereocenters. The van der Waals surface area contributed by atoms with Crippen LogP contribution < -0.4 is 0 Å². The Labute approximate surface area is 123 Å². The molecule has 2 heterocycles. The predicted octanol–water partition coefficient (Wildman–Crippen LogP) is 1.39. The highest BCUT2D eigenvalue weighted by atomic mass is 19.4. The molecule has 120 valence electrons. The molecule has 0 aliphatic heterocycles. The smallest absolute Gasteiger partial charge is 0.433 e. The topological polar surface area (TPSA) is 74.8 Å². The van der Waals surface area contributed by atoms with Crippen molar-refractivity contribution >= 4 is 5.97 Å². The number of carbonyl (C=O) groups excluding carboxylic acids is 1. The summed E-state index contributed by atoms with van der Waals surface area (Å²) in [5.41, 5.74) is -0.879. The molecular weight excluding hydrogens is 303 g/mol. The molecule has 2 aromatic rings. The minimum Gasteiger partial charge on any atom is -0.458 e. The van der Waals surface area contributed by atoms with Crippen LogP contribution in [0.3, 0.4) is 0 Å². The number of esters is 1. The molecule has 0 radical (unpaired) electrons. The van der Waals surface area contributed by atoms with Crippen LogP contribution >= 0.6 is 0 Å². The highest BCUT2D eigenvalue weighted by molar-refractivity contribution is 5.69. The molecule has 0 unspecified atom stereocenters. The van der Waals surface area contributed by atoms with Gasteiger partial charge in [-0.25, -0.2) is 9.67 Å². The van der Waals surface area contributed by atoms with Crippen molar-refractivity contribution in [2.45, 2.75) is 33.2 Å². The number of hydrogen-bond donors (Lipinski definition) is 0. The largest absolute Gasteiger partial charge is 0.458 e. The Balaban J connectivity index is 1.96. The van der Waals surface area contributed by atoms with Gasteiger partial charge in [-0.2, -0.15) is 23.4 Å². The maximum Gasteiger partial charge on any atom is 0.433 e. The lowest BCUT2D eigenvalue weighted by atomic mass is 10.3. The number of nitrogens with zero attached hydrogens (tertiary/aromatic N) is 5. The van der Waals surface area contributed by atoms with Gasteiger partial charge in [0.2, 0.25) is 0 Å². The van der Waals surface area contributed by atoms with E-state index in [0.717, 1.165) is 6.07 Å². The first-order valence-corrected chi connectivity index (χ1v) is 6.30. The normalized spacial score (nSPS) is 11.7. The van der Waals surface area contributed by atoms with Crippen molar-refractivity contribution in [3.05, 3.63) is 29.1 Å². The molecule has 0 aliphatic carbocycles. The van der Waals surface area contributed by atoms with E-state index in [2.05, 4.69) is 15.2 Å². The Morgan fingerprint density at radius 2 is 2.00 bits per heavy atom. The molecule has 0 bridgehead atoms. The van der Waals surface area contributed by atoms with Crippen LogP contribution in [0.25, 0.3) is 0 Å². The summed E-state index contributed by atoms with van der Waals surface area (Å²) < 4.78 is 44.8. The molecular formula is C12H14F3N5O2. The van der Waals surface area contributed by atoms with Crippen LogP contribution in [0.4, 0.5) is 13.2 Å². The van der Waals surface area contributed by atoms with E-state index in [-0.39, 0.29) is 18.8 Å². The van der Waals surface area contributed by atoms with Gasteiger partial charge >= 0.3 is 12.1 Å². The van der Waals surface area contributed by atoms with Gasteiger partial charge in [0.25, 0.3) is 0 Å². The van der Waals surface area contributed by atoms with Gasteiger partial charge < -0.3 is 4.74 Å². The first-order chi connectivity index (χ1) is 10.2. The standard InChI is InChI=1S/C12H14F3N5O2/c1-7-16-8(2)20(17-7)5-11(21)22-6-9-4-10(12(13,14)15)19(3)18-9/h4H,5-6H2,1-3H3. The third-order valence-corrected chi connectivity index (χ3v) is 2.84. The predicted molar refractivity (Wildman–Crippen MR) is 67.5 cm³/mol. The van der Waals surface area contributed by atoms with Crippen molar-refractivity contribution in [2.24, 2.45) is 7.05 Å². The molecule has 2 aromatic heterocycles. The van der Waals surface area contributed by atoms with Gasteiger partial charge in [0.15, 0.2) is 0 Å². The second kappa shape index (κ2) is 5.78. The summed E-state index contributed by atoms with van der Waals surface area (Å²) in [7, 11) is 1.18. The maximum atomic E-state index is 12.6. The molecule has 10 heteroatoms. The van der Waals surface area contributed by atoms with E-state index in [9.17, 15) is 18.0 Å².